The summed E-state index contributed by atoms with van der Waals surface area (Å²) in [6.45, 7) is 9.14. The van der Waals surface area contributed by atoms with Crippen molar-refractivity contribution in [2.45, 2.75) is 32.7 Å². The van der Waals surface area contributed by atoms with E-state index >= 15 is 0 Å². The zero-order valence-electron chi connectivity index (χ0n) is 10.6. The maximum absolute atomic E-state index is 6.00. The van der Waals surface area contributed by atoms with E-state index in [9.17, 15) is 0 Å². The predicted molar refractivity (Wildman–Crippen MR) is 75.0 cm³/mol. The molecule has 1 aliphatic heterocycles. The Hall–Kier alpha value is -0.240. The summed E-state index contributed by atoms with van der Waals surface area (Å²) in [5.74, 6) is 0.740. The summed E-state index contributed by atoms with van der Waals surface area (Å²) in [6.07, 6.45) is 1.08. The van der Waals surface area contributed by atoms with E-state index in [4.69, 9.17) is 23.2 Å². The van der Waals surface area contributed by atoms with Gasteiger partial charge in [0.1, 0.15) is 0 Å². The van der Waals surface area contributed by atoms with Crippen LogP contribution >= 0.6 is 23.2 Å². The van der Waals surface area contributed by atoms with E-state index in [-0.39, 0.29) is 0 Å². The molecular weight excluding hydrogens is 253 g/mol. The van der Waals surface area contributed by atoms with E-state index in [1.54, 1.807) is 6.07 Å². The number of benzene rings is 1. The summed E-state index contributed by atoms with van der Waals surface area (Å²) in [6, 6.07) is 5.83. The summed E-state index contributed by atoms with van der Waals surface area (Å²) in [7, 11) is 0. The van der Waals surface area contributed by atoms with Crippen LogP contribution in [0.3, 0.4) is 0 Å². The van der Waals surface area contributed by atoms with E-state index in [0.717, 1.165) is 22.4 Å². The molecule has 0 N–H and O–H groups in total. The van der Waals surface area contributed by atoms with Crippen molar-refractivity contribution in [1.29, 1.82) is 0 Å². The number of hydrogen-bond donors (Lipinski definition) is 0. The second-order valence-electron chi connectivity index (χ2n) is 5.92. The van der Waals surface area contributed by atoms with Gasteiger partial charge in [-0.15, -0.1) is 0 Å². The number of nitrogens with zero attached hydrogens (tertiary/aromatic N) is 1. The van der Waals surface area contributed by atoms with Crippen LogP contribution in [0.15, 0.2) is 18.2 Å². The molecule has 1 heterocycles. The summed E-state index contributed by atoms with van der Waals surface area (Å²) in [4.78, 5) is 2.50. The lowest BCUT2D eigenvalue weighted by molar-refractivity contribution is 0.0145. The van der Waals surface area contributed by atoms with Crippen molar-refractivity contribution in [3.05, 3.63) is 33.8 Å². The molecule has 0 saturated carbocycles. The Kier molecular flexibility index (Phi) is 3.72. The van der Waals surface area contributed by atoms with E-state index in [1.165, 1.54) is 18.7 Å². The highest BCUT2D eigenvalue weighted by Crippen LogP contribution is 2.29. The van der Waals surface area contributed by atoms with Crippen LogP contribution in [0.2, 0.25) is 10.0 Å². The van der Waals surface area contributed by atoms with Crippen LogP contribution < -0.4 is 0 Å². The topological polar surface area (TPSA) is 3.24 Å². The Morgan fingerprint density at radius 2 is 1.65 bits per heavy atom. The fraction of sp³-hybridized carbons (Fsp3) is 0.571. The van der Waals surface area contributed by atoms with Gasteiger partial charge in [-0.1, -0.05) is 23.2 Å². The second-order valence-corrected chi connectivity index (χ2v) is 6.80. The van der Waals surface area contributed by atoms with Gasteiger partial charge in [0.05, 0.1) is 0 Å². The summed E-state index contributed by atoms with van der Waals surface area (Å²) in [5.41, 5.74) is 1.55. The SMILES string of the molecule is CC(C)(C)N1CC(Cc2cc(Cl)cc(Cl)c2)C1. The first-order valence-corrected chi connectivity index (χ1v) is 6.80. The van der Waals surface area contributed by atoms with Gasteiger partial charge in [-0.05, 0) is 56.9 Å². The van der Waals surface area contributed by atoms with Gasteiger partial charge in [-0.25, -0.2) is 0 Å². The van der Waals surface area contributed by atoms with Crippen molar-refractivity contribution in [2.75, 3.05) is 13.1 Å². The van der Waals surface area contributed by atoms with Crippen LogP contribution in [-0.4, -0.2) is 23.5 Å². The van der Waals surface area contributed by atoms with Gasteiger partial charge in [0.25, 0.3) is 0 Å². The molecule has 0 atom stereocenters. The first-order chi connectivity index (χ1) is 7.84. The minimum atomic E-state index is 0.294. The molecule has 2 rings (SSSR count). The molecule has 94 valence electrons. The minimum absolute atomic E-state index is 0.294. The van der Waals surface area contributed by atoms with Gasteiger partial charge in [0.15, 0.2) is 0 Å². The highest BCUT2D eigenvalue weighted by atomic mass is 35.5. The normalized spacial score (nSPS) is 18.2. The van der Waals surface area contributed by atoms with Crippen LogP contribution in [0.25, 0.3) is 0 Å². The van der Waals surface area contributed by atoms with Crippen LogP contribution in [0.5, 0.6) is 0 Å². The third-order valence-electron chi connectivity index (χ3n) is 3.35. The monoisotopic (exact) mass is 271 g/mol. The Balaban J connectivity index is 1.92. The molecule has 0 radical (unpaired) electrons. The van der Waals surface area contributed by atoms with Crippen molar-refractivity contribution in [3.63, 3.8) is 0 Å². The standard InChI is InChI=1S/C14H19Cl2N/c1-14(2,3)17-8-11(9-17)4-10-5-12(15)7-13(16)6-10/h5-7,11H,4,8-9H2,1-3H3. The highest BCUT2D eigenvalue weighted by Gasteiger charge is 2.34. The maximum Gasteiger partial charge on any atom is 0.0423 e. The van der Waals surface area contributed by atoms with Gasteiger partial charge in [-0.3, -0.25) is 4.90 Å². The molecule has 1 aromatic carbocycles. The van der Waals surface area contributed by atoms with E-state index in [1.807, 2.05) is 12.1 Å². The molecule has 0 bridgehead atoms. The van der Waals surface area contributed by atoms with Crippen LogP contribution in [0, 0.1) is 5.92 Å². The molecule has 1 fully saturated rings. The lowest BCUT2D eigenvalue weighted by Gasteiger charge is -2.48. The lowest BCUT2D eigenvalue weighted by Crippen LogP contribution is -2.56. The molecule has 0 aliphatic carbocycles. The van der Waals surface area contributed by atoms with Gasteiger partial charge in [0.2, 0.25) is 0 Å². The van der Waals surface area contributed by atoms with Crippen molar-refractivity contribution >= 4 is 23.2 Å². The smallest absolute Gasteiger partial charge is 0.0423 e. The molecule has 1 saturated heterocycles. The van der Waals surface area contributed by atoms with Gasteiger partial charge < -0.3 is 0 Å². The molecule has 0 amide bonds. The molecular formula is C14H19Cl2N. The fourth-order valence-electron chi connectivity index (χ4n) is 2.31. The van der Waals surface area contributed by atoms with Gasteiger partial charge >= 0.3 is 0 Å². The van der Waals surface area contributed by atoms with Crippen molar-refractivity contribution < 1.29 is 0 Å². The highest BCUT2D eigenvalue weighted by molar-refractivity contribution is 6.34. The maximum atomic E-state index is 6.00. The number of hydrogen-bond acceptors (Lipinski definition) is 1. The molecule has 0 unspecified atom stereocenters. The van der Waals surface area contributed by atoms with Crippen LogP contribution in [-0.2, 0) is 6.42 Å². The molecule has 3 heteroatoms. The Morgan fingerprint density at radius 1 is 1.12 bits per heavy atom. The third kappa shape index (κ3) is 3.37. The largest absolute Gasteiger partial charge is 0.298 e. The predicted octanol–water partition coefficient (Wildman–Crippen LogP) is 4.27. The second kappa shape index (κ2) is 4.79. The van der Waals surface area contributed by atoms with Gasteiger partial charge in [0, 0.05) is 28.7 Å². The first kappa shape index (κ1) is 13.2. The number of rotatable bonds is 2. The summed E-state index contributed by atoms with van der Waals surface area (Å²) < 4.78 is 0. The van der Waals surface area contributed by atoms with Gasteiger partial charge in [-0.2, -0.15) is 0 Å². The summed E-state index contributed by atoms with van der Waals surface area (Å²) >= 11 is 12.0. The van der Waals surface area contributed by atoms with E-state index in [2.05, 4.69) is 25.7 Å². The average Bonchev–Trinajstić information content (AvgIpc) is 2.06. The van der Waals surface area contributed by atoms with Crippen molar-refractivity contribution in [3.8, 4) is 0 Å². The molecule has 0 spiro atoms. The molecule has 17 heavy (non-hydrogen) atoms. The zero-order chi connectivity index (χ0) is 12.6. The quantitative estimate of drug-likeness (QED) is 0.777. The van der Waals surface area contributed by atoms with E-state index in [0.29, 0.717) is 5.54 Å². The van der Waals surface area contributed by atoms with Crippen molar-refractivity contribution in [1.82, 2.24) is 4.90 Å². The van der Waals surface area contributed by atoms with Crippen LogP contribution in [0.4, 0.5) is 0 Å². The molecule has 1 aromatic rings. The number of likely N-dealkylation sites (tertiary alicyclic amines) is 1. The fourth-order valence-corrected chi connectivity index (χ4v) is 2.88. The first-order valence-electron chi connectivity index (χ1n) is 6.04. The molecule has 1 aliphatic rings. The van der Waals surface area contributed by atoms with Crippen LogP contribution in [0.1, 0.15) is 26.3 Å². The molecule has 0 aromatic heterocycles. The Morgan fingerprint density at radius 3 is 2.12 bits per heavy atom. The zero-order valence-corrected chi connectivity index (χ0v) is 12.1. The molecule has 1 nitrogen and oxygen atoms in total. The Labute approximate surface area is 114 Å². The third-order valence-corrected chi connectivity index (χ3v) is 3.79. The Bertz CT molecular complexity index is 383. The average molecular weight is 272 g/mol. The number of halogens is 2. The van der Waals surface area contributed by atoms with Crippen molar-refractivity contribution in [2.24, 2.45) is 5.92 Å². The summed E-state index contributed by atoms with van der Waals surface area (Å²) in [5, 5.41) is 1.47. The lowest BCUT2D eigenvalue weighted by atomic mass is 9.88. The minimum Gasteiger partial charge on any atom is -0.298 e. The van der Waals surface area contributed by atoms with E-state index < -0.39 is 0 Å².